The molecule has 0 aromatic rings. The summed E-state index contributed by atoms with van der Waals surface area (Å²) in [5, 5.41) is 9.45. The van der Waals surface area contributed by atoms with Crippen molar-refractivity contribution < 1.29 is 14.6 Å². The third kappa shape index (κ3) is 11.8. The molecule has 0 aromatic heterocycles. The Morgan fingerprint density at radius 1 is 1.05 bits per heavy atom. The highest BCUT2D eigenvalue weighted by Gasteiger charge is 2.24. The zero-order valence-corrected chi connectivity index (χ0v) is 15.4. The van der Waals surface area contributed by atoms with Crippen molar-refractivity contribution in [1.82, 2.24) is 0 Å². The molecule has 0 amide bonds. The number of carbonyl (C=O) groups excluding carboxylic acids is 1. The van der Waals surface area contributed by atoms with Crippen molar-refractivity contribution >= 4 is 5.97 Å². The fourth-order valence-corrected chi connectivity index (χ4v) is 2.28. The van der Waals surface area contributed by atoms with E-state index in [4.69, 9.17) is 4.74 Å². The van der Waals surface area contributed by atoms with Crippen molar-refractivity contribution in [3.05, 3.63) is 12.3 Å². The molecule has 0 spiro atoms. The van der Waals surface area contributed by atoms with E-state index in [0.29, 0.717) is 5.92 Å². The van der Waals surface area contributed by atoms with E-state index < -0.39 is 11.6 Å². The van der Waals surface area contributed by atoms with Crippen LogP contribution in [0.15, 0.2) is 12.3 Å². The molecule has 2 unspecified atom stereocenters. The standard InChI is InChI=1S/C19H36O3/c1-15(2)9-7-10-16(3)11-8-12-17(4)13-14-22-18(20)19(5,6)21/h13-17,21H,7-12H2,1-6H3. The Morgan fingerprint density at radius 3 is 2.09 bits per heavy atom. The number of esters is 1. The minimum absolute atomic E-state index is 0.387. The van der Waals surface area contributed by atoms with Crippen molar-refractivity contribution in [2.24, 2.45) is 17.8 Å². The van der Waals surface area contributed by atoms with Gasteiger partial charge in [-0.1, -0.05) is 59.8 Å². The highest BCUT2D eigenvalue weighted by molar-refractivity contribution is 5.78. The van der Waals surface area contributed by atoms with Gasteiger partial charge in [-0.15, -0.1) is 0 Å². The smallest absolute Gasteiger partial charge is 0.342 e. The summed E-state index contributed by atoms with van der Waals surface area (Å²) in [7, 11) is 0. The van der Waals surface area contributed by atoms with Crippen LogP contribution in [0.2, 0.25) is 0 Å². The Hall–Kier alpha value is -0.830. The third-order valence-electron chi connectivity index (χ3n) is 3.92. The molecule has 3 heteroatoms. The van der Waals surface area contributed by atoms with E-state index in [9.17, 15) is 9.90 Å². The average Bonchev–Trinajstić information content (AvgIpc) is 2.37. The fourth-order valence-electron chi connectivity index (χ4n) is 2.28. The molecule has 0 radical (unpaired) electrons. The van der Waals surface area contributed by atoms with Gasteiger partial charge in [0.1, 0.15) is 0 Å². The number of allylic oxidation sites excluding steroid dienone is 1. The summed E-state index contributed by atoms with van der Waals surface area (Å²) in [6, 6.07) is 0. The first-order chi connectivity index (χ1) is 10.1. The lowest BCUT2D eigenvalue weighted by atomic mass is 9.93. The largest absolute Gasteiger partial charge is 0.433 e. The molecule has 1 N–H and O–H groups in total. The fraction of sp³-hybridized carbons (Fsp3) is 0.842. The molecular weight excluding hydrogens is 276 g/mol. The van der Waals surface area contributed by atoms with Crippen LogP contribution in [0.3, 0.4) is 0 Å². The molecule has 0 saturated heterocycles. The van der Waals surface area contributed by atoms with Crippen LogP contribution in [-0.4, -0.2) is 16.7 Å². The molecule has 2 atom stereocenters. The number of carbonyl (C=O) groups is 1. The third-order valence-corrected chi connectivity index (χ3v) is 3.92. The molecule has 0 aliphatic heterocycles. The Morgan fingerprint density at radius 2 is 1.59 bits per heavy atom. The first-order valence-corrected chi connectivity index (χ1v) is 8.73. The lowest BCUT2D eigenvalue weighted by molar-refractivity contribution is -0.155. The van der Waals surface area contributed by atoms with Gasteiger partial charge in [0.05, 0.1) is 6.26 Å². The van der Waals surface area contributed by atoms with Gasteiger partial charge in [0.2, 0.25) is 0 Å². The van der Waals surface area contributed by atoms with Crippen LogP contribution in [0.4, 0.5) is 0 Å². The Labute approximate surface area is 137 Å². The van der Waals surface area contributed by atoms with Gasteiger partial charge < -0.3 is 9.84 Å². The van der Waals surface area contributed by atoms with Crippen molar-refractivity contribution in [2.75, 3.05) is 0 Å². The lowest BCUT2D eigenvalue weighted by Crippen LogP contribution is -2.31. The second kappa shape index (κ2) is 10.8. The van der Waals surface area contributed by atoms with E-state index in [-0.39, 0.29) is 0 Å². The maximum absolute atomic E-state index is 11.4. The molecule has 0 fully saturated rings. The molecule has 0 saturated carbocycles. The van der Waals surface area contributed by atoms with Crippen LogP contribution in [0, 0.1) is 17.8 Å². The van der Waals surface area contributed by atoms with Crippen LogP contribution in [0.1, 0.15) is 80.1 Å². The van der Waals surface area contributed by atoms with Crippen LogP contribution in [-0.2, 0) is 9.53 Å². The van der Waals surface area contributed by atoms with Crippen LogP contribution >= 0.6 is 0 Å². The van der Waals surface area contributed by atoms with Gasteiger partial charge in [-0.2, -0.15) is 0 Å². The van der Waals surface area contributed by atoms with E-state index >= 15 is 0 Å². The van der Waals surface area contributed by atoms with Crippen LogP contribution in [0.5, 0.6) is 0 Å². The van der Waals surface area contributed by atoms with Gasteiger partial charge in [-0.05, 0) is 44.1 Å². The molecule has 0 bridgehead atoms. The Kier molecular flexibility index (Phi) is 10.4. The maximum Gasteiger partial charge on any atom is 0.342 e. The van der Waals surface area contributed by atoms with Crippen LogP contribution in [0.25, 0.3) is 0 Å². The predicted octanol–water partition coefficient (Wildman–Crippen LogP) is 5.08. The van der Waals surface area contributed by atoms with Gasteiger partial charge in [-0.3, -0.25) is 0 Å². The molecule has 22 heavy (non-hydrogen) atoms. The van der Waals surface area contributed by atoms with Gasteiger partial charge in [-0.25, -0.2) is 4.79 Å². The van der Waals surface area contributed by atoms with E-state index in [2.05, 4.69) is 27.7 Å². The first kappa shape index (κ1) is 21.2. The topological polar surface area (TPSA) is 46.5 Å². The van der Waals surface area contributed by atoms with E-state index in [1.807, 2.05) is 6.08 Å². The minimum Gasteiger partial charge on any atom is -0.433 e. The van der Waals surface area contributed by atoms with E-state index in [0.717, 1.165) is 18.3 Å². The minimum atomic E-state index is -1.43. The molecule has 130 valence electrons. The maximum atomic E-state index is 11.4. The molecule has 0 aromatic carbocycles. The predicted molar refractivity (Wildman–Crippen MR) is 92.4 cm³/mol. The molecule has 0 aliphatic carbocycles. The monoisotopic (exact) mass is 312 g/mol. The SMILES string of the molecule is CC(C)CCCC(C)CCCC(C)C=COC(=O)C(C)(C)O. The lowest BCUT2D eigenvalue weighted by Gasteiger charge is -2.14. The van der Waals surface area contributed by atoms with Crippen molar-refractivity contribution in [3.8, 4) is 0 Å². The summed E-state index contributed by atoms with van der Waals surface area (Å²) >= 11 is 0. The molecule has 0 rings (SSSR count). The van der Waals surface area contributed by atoms with E-state index in [1.165, 1.54) is 52.2 Å². The summed E-state index contributed by atoms with van der Waals surface area (Å²) in [6.45, 7) is 11.9. The second-order valence-electron chi connectivity index (χ2n) is 7.63. The quantitative estimate of drug-likeness (QED) is 0.427. The molecular formula is C19H36O3. The van der Waals surface area contributed by atoms with Crippen molar-refractivity contribution in [1.29, 1.82) is 0 Å². The molecule has 3 nitrogen and oxygen atoms in total. The van der Waals surface area contributed by atoms with Crippen molar-refractivity contribution in [2.45, 2.75) is 85.7 Å². The number of ether oxygens (including phenoxy) is 1. The summed E-state index contributed by atoms with van der Waals surface area (Å²) < 4.78 is 4.91. The van der Waals surface area contributed by atoms with Gasteiger partial charge in [0.25, 0.3) is 0 Å². The summed E-state index contributed by atoms with van der Waals surface area (Å²) in [5.41, 5.74) is -1.43. The summed E-state index contributed by atoms with van der Waals surface area (Å²) in [5.74, 6) is 1.37. The molecule has 0 aliphatic rings. The Balaban J connectivity index is 3.76. The zero-order chi connectivity index (χ0) is 17.2. The van der Waals surface area contributed by atoms with E-state index in [1.54, 1.807) is 0 Å². The number of aliphatic hydroxyl groups is 1. The van der Waals surface area contributed by atoms with Crippen molar-refractivity contribution in [3.63, 3.8) is 0 Å². The average molecular weight is 312 g/mol. The van der Waals surface area contributed by atoms with Crippen LogP contribution < -0.4 is 0 Å². The normalized spacial score (nSPS) is 15.3. The number of rotatable bonds is 11. The first-order valence-electron chi connectivity index (χ1n) is 8.73. The second-order valence-corrected chi connectivity index (χ2v) is 7.63. The molecule has 0 heterocycles. The highest BCUT2D eigenvalue weighted by Crippen LogP contribution is 2.19. The number of hydrogen-bond donors (Lipinski definition) is 1. The van der Waals surface area contributed by atoms with Gasteiger partial charge in [0, 0.05) is 0 Å². The summed E-state index contributed by atoms with van der Waals surface area (Å²) in [6.07, 6.45) is 10.9. The zero-order valence-electron chi connectivity index (χ0n) is 15.4. The summed E-state index contributed by atoms with van der Waals surface area (Å²) in [4.78, 5) is 11.4. The Bertz CT molecular complexity index is 326. The number of hydrogen-bond acceptors (Lipinski definition) is 3. The van der Waals surface area contributed by atoms with Gasteiger partial charge >= 0.3 is 5.97 Å². The van der Waals surface area contributed by atoms with Gasteiger partial charge in [0.15, 0.2) is 5.60 Å². The highest BCUT2D eigenvalue weighted by atomic mass is 16.5.